The minimum atomic E-state index is -0.338. The monoisotopic (exact) mass is 349 g/mol. The molecule has 128 valence electrons. The van der Waals surface area contributed by atoms with Gasteiger partial charge >= 0.3 is 0 Å². The van der Waals surface area contributed by atoms with Gasteiger partial charge < -0.3 is 19.7 Å². The number of hydrogen-bond donors (Lipinski definition) is 1. The first-order valence-electron chi connectivity index (χ1n) is 7.71. The highest BCUT2D eigenvalue weighted by Gasteiger charge is 2.24. The van der Waals surface area contributed by atoms with Gasteiger partial charge in [-0.2, -0.15) is 9.50 Å². The first kappa shape index (κ1) is 15.6. The number of thiophene rings is 1. The lowest BCUT2D eigenvalue weighted by atomic mass is 10.1. The molecule has 0 fully saturated rings. The molecular formula is C14H19N7O2S. The Morgan fingerprint density at radius 2 is 2.17 bits per heavy atom. The molecule has 4 heterocycles. The Hall–Kier alpha value is -1.88. The Labute approximate surface area is 142 Å². The molecule has 0 saturated heterocycles. The number of anilines is 1. The molecule has 1 N–H and O–H groups in total. The van der Waals surface area contributed by atoms with Crippen molar-refractivity contribution in [2.45, 2.75) is 19.3 Å². The predicted octanol–water partition coefficient (Wildman–Crippen LogP) is 0.753. The van der Waals surface area contributed by atoms with Gasteiger partial charge in [0.2, 0.25) is 0 Å². The zero-order valence-electron chi connectivity index (χ0n) is 13.8. The molecule has 0 amide bonds. The maximum atomic E-state index is 5.25. The van der Waals surface area contributed by atoms with Gasteiger partial charge in [0.05, 0.1) is 11.9 Å². The third kappa shape index (κ3) is 2.51. The number of tetrazole rings is 1. The van der Waals surface area contributed by atoms with E-state index in [9.17, 15) is 0 Å². The molecule has 1 aliphatic heterocycles. The van der Waals surface area contributed by atoms with Crippen molar-refractivity contribution in [3.8, 4) is 0 Å². The summed E-state index contributed by atoms with van der Waals surface area (Å²) in [5.74, 6) is 1.27. The summed E-state index contributed by atoms with van der Waals surface area (Å²) in [6.45, 7) is 2.47. The average molecular weight is 349 g/mol. The van der Waals surface area contributed by atoms with Gasteiger partial charge in [0.25, 0.3) is 5.78 Å². The standard InChI is InChI=1S/C14H19N7O2S/c1-20-5-4-8-9(7-20)24-13-11(8)12(15-6-10(22-2)23-3)16-14-17-18-19-21(13)14/h10H,4-7H2,1-3H3,(H,15,16,17,19). The topological polar surface area (TPSA) is 89.7 Å². The van der Waals surface area contributed by atoms with Gasteiger partial charge in [-0.3, -0.25) is 0 Å². The van der Waals surface area contributed by atoms with Crippen LogP contribution in [0.1, 0.15) is 10.4 Å². The quantitative estimate of drug-likeness (QED) is 0.675. The first-order valence-corrected chi connectivity index (χ1v) is 8.53. The van der Waals surface area contributed by atoms with Crippen LogP contribution in [0, 0.1) is 0 Å². The van der Waals surface area contributed by atoms with E-state index >= 15 is 0 Å². The summed E-state index contributed by atoms with van der Waals surface area (Å²) in [4.78, 5) is 9.30. The van der Waals surface area contributed by atoms with E-state index in [1.165, 1.54) is 10.4 Å². The Morgan fingerprint density at radius 1 is 1.33 bits per heavy atom. The van der Waals surface area contributed by atoms with Gasteiger partial charge in [0, 0.05) is 32.2 Å². The van der Waals surface area contributed by atoms with E-state index in [4.69, 9.17) is 9.47 Å². The van der Waals surface area contributed by atoms with Crippen LogP contribution >= 0.6 is 11.3 Å². The lowest BCUT2D eigenvalue weighted by Crippen LogP contribution is -2.26. The zero-order chi connectivity index (χ0) is 16.7. The second-order valence-electron chi connectivity index (χ2n) is 5.80. The van der Waals surface area contributed by atoms with E-state index in [0.29, 0.717) is 12.3 Å². The number of nitrogens with one attached hydrogen (secondary N) is 1. The van der Waals surface area contributed by atoms with Crippen molar-refractivity contribution in [1.82, 2.24) is 29.9 Å². The second kappa shape index (κ2) is 6.20. The molecule has 0 aromatic carbocycles. The van der Waals surface area contributed by atoms with Crippen molar-refractivity contribution < 1.29 is 9.47 Å². The van der Waals surface area contributed by atoms with Gasteiger partial charge in [0.15, 0.2) is 6.29 Å². The molecule has 0 unspecified atom stereocenters. The van der Waals surface area contributed by atoms with Crippen LogP contribution in [-0.4, -0.2) is 70.6 Å². The number of ether oxygens (including phenoxy) is 2. The number of likely N-dealkylation sites (N-methyl/N-ethyl adjacent to an activating group) is 1. The summed E-state index contributed by atoms with van der Waals surface area (Å²) >= 11 is 1.73. The average Bonchev–Trinajstić information content (AvgIpc) is 3.18. The fourth-order valence-electron chi connectivity index (χ4n) is 3.02. The SMILES string of the molecule is COC(CNc1nc2nnnn2c2sc3c(c12)CCN(C)C3)OC. The fraction of sp³-hybridized carbons (Fsp3) is 0.571. The number of rotatable bonds is 5. The molecule has 0 atom stereocenters. The summed E-state index contributed by atoms with van der Waals surface area (Å²) in [5.41, 5.74) is 1.34. The lowest BCUT2D eigenvalue weighted by molar-refractivity contribution is -0.0914. The molecule has 10 heteroatoms. The summed E-state index contributed by atoms with van der Waals surface area (Å²) < 4.78 is 12.2. The summed E-state index contributed by atoms with van der Waals surface area (Å²) in [6.07, 6.45) is 0.656. The molecule has 0 aliphatic carbocycles. The van der Waals surface area contributed by atoms with Crippen LogP contribution in [-0.2, 0) is 22.4 Å². The molecular weight excluding hydrogens is 330 g/mol. The van der Waals surface area contributed by atoms with Crippen LogP contribution in [0.4, 0.5) is 5.82 Å². The van der Waals surface area contributed by atoms with Gasteiger partial charge in [-0.1, -0.05) is 5.10 Å². The zero-order valence-corrected chi connectivity index (χ0v) is 14.6. The summed E-state index contributed by atoms with van der Waals surface area (Å²) in [6, 6.07) is 0. The molecule has 1 aliphatic rings. The summed E-state index contributed by atoms with van der Waals surface area (Å²) in [5, 5.41) is 16.3. The molecule has 0 bridgehead atoms. The van der Waals surface area contributed by atoms with E-state index in [1.807, 2.05) is 0 Å². The number of aromatic nitrogens is 5. The minimum absolute atomic E-state index is 0.338. The maximum absolute atomic E-state index is 5.25. The van der Waals surface area contributed by atoms with Crippen LogP contribution < -0.4 is 5.32 Å². The van der Waals surface area contributed by atoms with E-state index in [1.54, 1.807) is 30.1 Å². The van der Waals surface area contributed by atoms with Crippen molar-refractivity contribution in [3.05, 3.63) is 10.4 Å². The van der Waals surface area contributed by atoms with Crippen molar-refractivity contribution >= 4 is 33.1 Å². The van der Waals surface area contributed by atoms with Crippen LogP contribution in [0.2, 0.25) is 0 Å². The summed E-state index contributed by atoms with van der Waals surface area (Å²) in [7, 11) is 5.37. The Morgan fingerprint density at radius 3 is 2.96 bits per heavy atom. The largest absolute Gasteiger partial charge is 0.364 e. The van der Waals surface area contributed by atoms with E-state index in [2.05, 4.69) is 37.8 Å². The minimum Gasteiger partial charge on any atom is -0.364 e. The number of fused-ring (bicyclic) bond motifs is 5. The number of nitrogens with zero attached hydrogens (tertiary/aromatic N) is 6. The molecule has 4 rings (SSSR count). The first-order chi connectivity index (χ1) is 11.7. The molecule has 24 heavy (non-hydrogen) atoms. The van der Waals surface area contributed by atoms with Crippen molar-refractivity contribution in [3.63, 3.8) is 0 Å². The fourth-order valence-corrected chi connectivity index (χ4v) is 4.39. The van der Waals surface area contributed by atoms with Gasteiger partial charge in [-0.05, 0) is 29.5 Å². The predicted molar refractivity (Wildman–Crippen MR) is 90.3 cm³/mol. The number of methoxy groups -OCH3 is 2. The highest BCUT2D eigenvalue weighted by Crippen LogP contribution is 2.38. The van der Waals surface area contributed by atoms with Gasteiger partial charge in [-0.15, -0.1) is 11.3 Å². The van der Waals surface area contributed by atoms with Crippen LogP contribution in [0.15, 0.2) is 0 Å². The van der Waals surface area contributed by atoms with Gasteiger partial charge in [-0.25, -0.2) is 0 Å². The molecule has 0 radical (unpaired) electrons. The Kier molecular flexibility index (Phi) is 4.04. The highest BCUT2D eigenvalue weighted by atomic mass is 32.1. The second-order valence-corrected chi connectivity index (χ2v) is 6.89. The van der Waals surface area contributed by atoms with E-state index < -0.39 is 0 Å². The van der Waals surface area contributed by atoms with Crippen LogP contribution in [0.5, 0.6) is 0 Å². The smallest absolute Gasteiger partial charge is 0.276 e. The molecule has 0 spiro atoms. The van der Waals surface area contributed by atoms with Crippen LogP contribution in [0.25, 0.3) is 16.0 Å². The molecule has 3 aromatic rings. The van der Waals surface area contributed by atoms with Crippen molar-refractivity contribution in [2.24, 2.45) is 0 Å². The Balaban J connectivity index is 1.84. The molecule has 3 aromatic heterocycles. The molecule has 0 saturated carbocycles. The highest BCUT2D eigenvalue weighted by molar-refractivity contribution is 7.19. The van der Waals surface area contributed by atoms with Crippen molar-refractivity contribution in [1.29, 1.82) is 0 Å². The Bertz CT molecular complexity index is 873. The number of hydrogen-bond acceptors (Lipinski definition) is 9. The van der Waals surface area contributed by atoms with Crippen molar-refractivity contribution in [2.75, 3.05) is 39.7 Å². The lowest BCUT2D eigenvalue weighted by Gasteiger charge is -2.22. The third-order valence-electron chi connectivity index (χ3n) is 4.29. The molecule has 9 nitrogen and oxygen atoms in total. The van der Waals surface area contributed by atoms with E-state index in [-0.39, 0.29) is 6.29 Å². The van der Waals surface area contributed by atoms with Gasteiger partial charge in [0.1, 0.15) is 10.6 Å². The third-order valence-corrected chi connectivity index (χ3v) is 5.48. The van der Waals surface area contributed by atoms with E-state index in [0.717, 1.165) is 35.5 Å². The van der Waals surface area contributed by atoms with Crippen LogP contribution in [0.3, 0.4) is 0 Å². The maximum Gasteiger partial charge on any atom is 0.276 e. The normalized spacial score (nSPS) is 15.5.